The lowest BCUT2D eigenvalue weighted by molar-refractivity contribution is -0.151. The van der Waals surface area contributed by atoms with E-state index in [0.29, 0.717) is 19.3 Å². The van der Waals surface area contributed by atoms with E-state index in [0.717, 1.165) is 44.9 Å². The first kappa shape index (κ1) is 52.9. The minimum atomic E-state index is -0.777. The average molecular weight is 766 g/mol. The third kappa shape index (κ3) is 37.8. The summed E-state index contributed by atoms with van der Waals surface area (Å²) < 4.78 is 5.91. The molecule has 0 saturated heterocycles. The van der Waals surface area contributed by atoms with E-state index in [1.54, 1.807) is 0 Å². The Labute approximate surface area is 336 Å². The molecule has 0 radical (unpaired) electrons. The Morgan fingerprint density at radius 1 is 0.463 bits per heavy atom. The van der Waals surface area contributed by atoms with Crippen molar-refractivity contribution in [3.05, 3.63) is 0 Å². The lowest BCUT2D eigenvalue weighted by Gasteiger charge is -2.24. The molecule has 0 spiro atoms. The molecule has 0 aliphatic rings. The molecule has 0 rings (SSSR count). The smallest absolute Gasteiger partial charge is 0.306 e. The standard InChI is InChI=1S/C48H95NO5/c1-4-7-10-13-16-19-22-24-25-27-30-33-36-39-44(54-48(53)41-38-35-32-29-21-18-15-12-9-6-3)42-47(52)49-45(43-50)46(51)40-37-34-31-28-26-23-20-17-14-11-8-5-2/h44-46,50-51H,4-43H2,1-3H3,(H,49,52). The fraction of sp³-hybridized carbons (Fsp3) is 0.958. The quantitative estimate of drug-likeness (QED) is 0.0424. The van der Waals surface area contributed by atoms with Crippen molar-refractivity contribution in [3.8, 4) is 0 Å². The number of rotatable bonds is 44. The van der Waals surface area contributed by atoms with Crippen LogP contribution in [-0.2, 0) is 14.3 Å². The van der Waals surface area contributed by atoms with Gasteiger partial charge in [0.2, 0.25) is 5.91 Å². The Hall–Kier alpha value is -1.14. The molecule has 3 unspecified atom stereocenters. The molecule has 6 nitrogen and oxygen atoms in total. The molecule has 1 amide bonds. The van der Waals surface area contributed by atoms with Crippen LogP contribution in [0.2, 0.25) is 0 Å². The fourth-order valence-electron chi connectivity index (χ4n) is 7.73. The van der Waals surface area contributed by atoms with Gasteiger partial charge in [0.15, 0.2) is 0 Å². The van der Waals surface area contributed by atoms with E-state index in [2.05, 4.69) is 26.1 Å². The molecule has 0 aromatic heterocycles. The summed E-state index contributed by atoms with van der Waals surface area (Å²) in [5, 5.41) is 23.7. The van der Waals surface area contributed by atoms with Crippen molar-refractivity contribution in [3.63, 3.8) is 0 Å². The second-order valence-electron chi connectivity index (χ2n) is 16.9. The maximum atomic E-state index is 13.1. The van der Waals surface area contributed by atoms with Crippen LogP contribution in [0.5, 0.6) is 0 Å². The molecule has 0 bridgehead atoms. The lowest BCUT2D eigenvalue weighted by atomic mass is 10.0. The number of hydrogen-bond acceptors (Lipinski definition) is 5. The maximum absolute atomic E-state index is 13.1. The summed E-state index contributed by atoms with van der Waals surface area (Å²) in [5.74, 6) is -0.456. The molecule has 322 valence electrons. The van der Waals surface area contributed by atoms with E-state index in [4.69, 9.17) is 4.74 Å². The molecule has 0 fully saturated rings. The monoisotopic (exact) mass is 766 g/mol. The molecule has 6 heteroatoms. The first-order chi connectivity index (χ1) is 26.5. The van der Waals surface area contributed by atoms with Crippen LogP contribution in [-0.4, -0.2) is 46.9 Å². The summed E-state index contributed by atoms with van der Waals surface area (Å²) in [6.45, 7) is 6.48. The zero-order chi connectivity index (χ0) is 39.6. The van der Waals surface area contributed by atoms with Crippen LogP contribution in [0.15, 0.2) is 0 Å². The molecule has 3 N–H and O–H groups in total. The van der Waals surface area contributed by atoms with E-state index in [1.807, 2.05) is 0 Å². The molecule has 0 heterocycles. The molecular weight excluding hydrogens is 671 g/mol. The summed E-state index contributed by atoms with van der Waals surface area (Å²) in [4.78, 5) is 26.0. The van der Waals surface area contributed by atoms with Crippen molar-refractivity contribution in [1.29, 1.82) is 0 Å². The Morgan fingerprint density at radius 3 is 1.13 bits per heavy atom. The molecule has 0 aromatic carbocycles. The predicted molar refractivity (Wildman–Crippen MR) is 232 cm³/mol. The highest BCUT2D eigenvalue weighted by molar-refractivity contribution is 5.77. The second kappa shape index (κ2) is 43.0. The number of unbranched alkanes of at least 4 members (excludes halogenated alkanes) is 32. The van der Waals surface area contributed by atoms with Gasteiger partial charge in [-0.15, -0.1) is 0 Å². The SMILES string of the molecule is CCCCCCCCCCCCCCCC(CC(=O)NC(CO)C(O)CCCCCCCCCCCCCC)OC(=O)CCCCCCCCCCCC. The van der Waals surface area contributed by atoms with Gasteiger partial charge in [-0.05, 0) is 25.7 Å². The summed E-state index contributed by atoms with van der Waals surface area (Å²) in [6.07, 6.45) is 44.4. The maximum Gasteiger partial charge on any atom is 0.306 e. The van der Waals surface area contributed by atoms with Gasteiger partial charge < -0.3 is 20.3 Å². The topological polar surface area (TPSA) is 95.9 Å². The largest absolute Gasteiger partial charge is 0.462 e. The van der Waals surface area contributed by atoms with Gasteiger partial charge in [0.1, 0.15) is 6.10 Å². The van der Waals surface area contributed by atoms with Gasteiger partial charge in [-0.3, -0.25) is 9.59 Å². The minimum absolute atomic E-state index is 0.0872. The van der Waals surface area contributed by atoms with Gasteiger partial charge in [0.25, 0.3) is 0 Å². The number of aliphatic hydroxyl groups excluding tert-OH is 2. The lowest BCUT2D eigenvalue weighted by Crippen LogP contribution is -2.46. The summed E-state index contributed by atoms with van der Waals surface area (Å²) >= 11 is 0. The zero-order valence-corrected chi connectivity index (χ0v) is 36.6. The predicted octanol–water partition coefficient (Wildman–Crippen LogP) is 14.0. The number of hydrogen-bond donors (Lipinski definition) is 3. The van der Waals surface area contributed by atoms with Gasteiger partial charge in [0, 0.05) is 6.42 Å². The normalized spacial score (nSPS) is 13.2. The van der Waals surface area contributed by atoms with Crippen LogP contribution in [0.4, 0.5) is 0 Å². The highest BCUT2D eigenvalue weighted by atomic mass is 16.5. The highest BCUT2D eigenvalue weighted by Crippen LogP contribution is 2.18. The first-order valence-corrected chi connectivity index (χ1v) is 24.3. The van der Waals surface area contributed by atoms with Crippen LogP contribution in [0.1, 0.15) is 271 Å². The van der Waals surface area contributed by atoms with Gasteiger partial charge in [-0.2, -0.15) is 0 Å². The van der Waals surface area contributed by atoms with Crippen LogP contribution in [0.25, 0.3) is 0 Å². The molecule has 0 aromatic rings. The number of amides is 1. The Morgan fingerprint density at radius 2 is 0.778 bits per heavy atom. The molecule has 54 heavy (non-hydrogen) atoms. The third-order valence-corrected chi connectivity index (χ3v) is 11.4. The Kier molecular flexibility index (Phi) is 42.1. The van der Waals surface area contributed by atoms with Crippen molar-refractivity contribution >= 4 is 11.9 Å². The van der Waals surface area contributed by atoms with Crippen LogP contribution in [0.3, 0.4) is 0 Å². The van der Waals surface area contributed by atoms with Crippen molar-refractivity contribution in [2.24, 2.45) is 0 Å². The number of esters is 1. The molecule has 0 aliphatic heterocycles. The number of carbonyl (C=O) groups is 2. The number of aliphatic hydroxyl groups is 2. The van der Waals surface area contributed by atoms with E-state index < -0.39 is 18.2 Å². The molecule has 0 aliphatic carbocycles. The van der Waals surface area contributed by atoms with Crippen molar-refractivity contribution in [2.45, 2.75) is 289 Å². The van der Waals surface area contributed by atoms with Gasteiger partial charge in [0.05, 0.1) is 25.2 Å². The van der Waals surface area contributed by atoms with Crippen molar-refractivity contribution < 1.29 is 24.5 Å². The van der Waals surface area contributed by atoms with E-state index >= 15 is 0 Å². The minimum Gasteiger partial charge on any atom is -0.462 e. The van der Waals surface area contributed by atoms with Gasteiger partial charge in [-0.1, -0.05) is 233 Å². The summed E-state index contributed by atoms with van der Waals surface area (Å²) in [6, 6.07) is -0.690. The van der Waals surface area contributed by atoms with E-state index in [9.17, 15) is 19.8 Å². The molecule has 3 atom stereocenters. The number of nitrogens with one attached hydrogen (secondary N) is 1. The molecule has 0 saturated carbocycles. The zero-order valence-electron chi connectivity index (χ0n) is 36.6. The number of carbonyl (C=O) groups excluding carboxylic acids is 2. The van der Waals surface area contributed by atoms with Gasteiger partial charge >= 0.3 is 5.97 Å². The van der Waals surface area contributed by atoms with Crippen molar-refractivity contribution in [2.75, 3.05) is 6.61 Å². The van der Waals surface area contributed by atoms with Gasteiger partial charge in [-0.25, -0.2) is 0 Å². The van der Waals surface area contributed by atoms with Crippen LogP contribution < -0.4 is 5.32 Å². The first-order valence-electron chi connectivity index (χ1n) is 24.3. The van der Waals surface area contributed by atoms with E-state index in [-0.39, 0.29) is 24.9 Å². The molecular formula is C48H95NO5. The van der Waals surface area contributed by atoms with E-state index in [1.165, 1.54) is 180 Å². The number of ether oxygens (including phenoxy) is 1. The summed E-state index contributed by atoms with van der Waals surface area (Å²) in [5.41, 5.74) is 0. The fourth-order valence-corrected chi connectivity index (χ4v) is 7.73. The highest BCUT2D eigenvalue weighted by Gasteiger charge is 2.24. The summed E-state index contributed by atoms with van der Waals surface area (Å²) in [7, 11) is 0. The van der Waals surface area contributed by atoms with Crippen LogP contribution in [0, 0.1) is 0 Å². The Balaban J connectivity index is 4.52. The van der Waals surface area contributed by atoms with Crippen molar-refractivity contribution in [1.82, 2.24) is 5.32 Å². The second-order valence-corrected chi connectivity index (χ2v) is 16.9. The van der Waals surface area contributed by atoms with Crippen LogP contribution >= 0.6 is 0 Å². The third-order valence-electron chi connectivity index (χ3n) is 11.4. The average Bonchev–Trinajstić information content (AvgIpc) is 3.16. The Bertz CT molecular complexity index is 776.